The lowest BCUT2D eigenvalue weighted by Crippen LogP contribution is -2.34. The Bertz CT molecular complexity index is 366. The highest BCUT2D eigenvalue weighted by Crippen LogP contribution is 1.93. The minimum Gasteiger partial charge on any atom is -0.465 e. The molecule has 182 valence electrons. The Morgan fingerprint density at radius 3 is 2.13 bits per heavy atom. The fourth-order valence-corrected chi connectivity index (χ4v) is 1.29. The van der Waals surface area contributed by atoms with E-state index in [1.807, 2.05) is 13.8 Å². The Kier molecular flexibility index (Phi) is 35.6. The van der Waals surface area contributed by atoms with Crippen LogP contribution in [0.2, 0.25) is 0 Å². The molecule has 30 heavy (non-hydrogen) atoms. The first-order valence-corrected chi connectivity index (χ1v) is 9.83. The summed E-state index contributed by atoms with van der Waals surface area (Å²) in [4.78, 5) is 31.5. The third-order valence-electron chi connectivity index (χ3n) is 2.88. The number of rotatable bonds is 14. The van der Waals surface area contributed by atoms with E-state index in [4.69, 9.17) is 15.6 Å². The standard InChI is InChI=1S/C11H21NO4.C4H11N.C4H8O4.ClH/c1-3-5-10(14)12-7-9(13)8-16-11(15)6-4-2;1-4(2)3-5;5-3-7-1-2-8-4-6;/h9,13H,3-8H2,1-2H3,(H,12,14);4H,3,5H2,1-2H3;3,6H,1-2,4H2;1H/t9-;;;/m1.../s1. The number of halogens is 1. The van der Waals surface area contributed by atoms with Crippen LogP contribution in [0.1, 0.15) is 53.4 Å². The van der Waals surface area contributed by atoms with Crippen LogP contribution in [0.3, 0.4) is 0 Å². The quantitative estimate of drug-likeness (QED) is 0.127. The fraction of sp³-hybridized carbons (Fsp3) is 0.842. The lowest BCUT2D eigenvalue weighted by atomic mass is 10.2. The SMILES string of the molecule is CC(C)CN.CCCC(=O)NC[C@@H](O)COC(=O)CCC.Cl.O=COCCOCO. The Labute approximate surface area is 186 Å². The van der Waals surface area contributed by atoms with Gasteiger partial charge >= 0.3 is 5.97 Å². The van der Waals surface area contributed by atoms with Gasteiger partial charge in [-0.3, -0.25) is 14.4 Å². The largest absolute Gasteiger partial charge is 0.465 e. The zero-order valence-corrected chi connectivity index (χ0v) is 19.4. The summed E-state index contributed by atoms with van der Waals surface area (Å²) < 4.78 is 13.4. The summed E-state index contributed by atoms with van der Waals surface area (Å²) in [6, 6.07) is 0. The normalized spacial score (nSPS) is 10.3. The van der Waals surface area contributed by atoms with Gasteiger partial charge in [-0.2, -0.15) is 0 Å². The molecule has 0 rings (SSSR count). The maximum absolute atomic E-state index is 11.1. The Hall–Kier alpha value is -1.46. The molecular formula is C19H41ClN2O8. The first kappa shape index (κ1) is 35.9. The van der Waals surface area contributed by atoms with Crippen LogP contribution in [0, 0.1) is 5.92 Å². The van der Waals surface area contributed by atoms with Crippen molar-refractivity contribution in [1.82, 2.24) is 5.32 Å². The van der Waals surface area contributed by atoms with Gasteiger partial charge in [0, 0.05) is 19.4 Å². The van der Waals surface area contributed by atoms with Crippen LogP contribution >= 0.6 is 12.4 Å². The second-order valence-electron chi connectivity index (χ2n) is 6.27. The van der Waals surface area contributed by atoms with Crippen molar-refractivity contribution in [3.63, 3.8) is 0 Å². The number of aliphatic hydroxyl groups excluding tert-OH is 2. The third kappa shape index (κ3) is 37.3. The molecule has 0 aliphatic heterocycles. The highest BCUT2D eigenvalue weighted by Gasteiger charge is 2.09. The van der Waals surface area contributed by atoms with Crippen molar-refractivity contribution in [2.24, 2.45) is 11.7 Å². The number of carbonyl (C=O) groups is 3. The minimum atomic E-state index is -0.832. The molecular weight excluding hydrogens is 420 g/mol. The van der Waals surface area contributed by atoms with E-state index in [0.717, 1.165) is 19.4 Å². The molecule has 0 bridgehead atoms. The van der Waals surface area contributed by atoms with Crippen molar-refractivity contribution in [3.8, 4) is 0 Å². The summed E-state index contributed by atoms with van der Waals surface area (Å²) in [5.41, 5.74) is 5.17. The average Bonchev–Trinajstić information content (AvgIpc) is 2.69. The number of nitrogens with one attached hydrogen (secondary N) is 1. The predicted molar refractivity (Wildman–Crippen MR) is 116 cm³/mol. The van der Waals surface area contributed by atoms with Crippen LogP contribution in [-0.2, 0) is 28.6 Å². The van der Waals surface area contributed by atoms with Gasteiger partial charge in [0.1, 0.15) is 26.1 Å². The van der Waals surface area contributed by atoms with Gasteiger partial charge in [0.05, 0.1) is 6.61 Å². The summed E-state index contributed by atoms with van der Waals surface area (Å²) >= 11 is 0. The molecule has 0 saturated carbocycles. The first-order chi connectivity index (χ1) is 13.8. The fourth-order valence-electron chi connectivity index (χ4n) is 1.29. The molecule has 0 saturated heterocycles. The molecule has 1 atom stereocenters. The number of nitrogens with two attached hydrogens (primary N) is 1. The molecule has 1 amide bonds. The number of amides is 1. The van der Waals surface area contributed by atoms with Gasteiger partial charge in [-0.15, -0.1) is 12.4 Å². The van der Waals surface area contributed by atoms with Crippen LogP contribution in [0.15, 0.2) is 0 Å². The van der Waals surface area contributed by atoms with E-state index in [-0.39, 0.29) is 57.4 Å². The van der Waals surface area contributed by atoms with Crippen LogP contribution < -0.4 is 11.1 Å². The Balaban J connectivity index is -0.000000201. The number of aliphatic hydroxyl groups is 2. The summed E-state index contributed by atoms with van der Waals surface area (Å²) in [6.07, 6.45) is 1.47. The monoisotopic (exact) mass is 460 g/mol. The Morgan fingerprint density at radius 1 is 1.13 bits per heavy atom. The van der Waals surface area contributed by atoms with Gasteiger partial charge in [0.2, 0.25) is 5.91 Å². The first-order valence-electron chi connectivity index (χ1n) is 9.83. The number of carbonyl (C=O) groups excluding carboxylic acids is 3. The number of ether oxygens (including phenoxy) is 3. The second-order valence-corrected chi connectivity index (χ2v) is 6.27. The van der Waals surface area contributed by atoms with Gasteiger partial charge in [-0.05, 0) is 25.3 Å². The molecule has 0 aromatic rings. The van der Waals surface area contributed by atoms with Crippen LogP contribution in [-0.4, -0.2) is 74.4 Å². The van der Waals surface area contributed by atoms with Crippen molar-refractivity contribution in [1.29, 1.82) is 0 Å². The van der Waals surface area contributed by atoms with Gasteiger partial charge in [-0.1, -0.05) is 27.7 Å². The van der Waals surface area contributed by atoms with Crippen LogP contribution in [0.25, 0.3) is 0 Å². The lowest BCUT2D eigenvalue weighted by molar-refractivity contribution is -0.146. The third-order valence-corrected chi connectivity index (χ3v) is 2.88. The minimum absolute atomic E-state index is 0. The summed E-state index contributed by atoms with van der Waals surface area (Å²) in [5.74, 6) is 0.248. The van der Waals surface area contributed by atoms with E-state index in [1.165, 1.54) is 0 Å². The molecule has 0 spiro atoms. The van der Waals surface area contributed by atoms with E-state index in [9.17, 15) is 19.5 Å². The number of hydrogen-bond acceptors (Lipinski definition) is 9. The average molecular weight is 461 g/mol. The molecule has 11 heteroatoms. The van der Waals surface area contributed by atoms with Gasteiger partial charge < -0.3 is 35.5 Å². The van der Waals surface area contributed by atoms with Crippen molar-refractivity contribution in [2.45, 2.75) is 59.5 Å². The topological polar surface area (TPSA) is 157 Å². The second kappa shape index (κ2) is 29.7. The van der Waals surface area contributed by atoms with E-state index in [1.54, 1.807) is 0 Å². The van der Waals surface area contributed by atoms with Gasteiger partial charge in [-0.25, -0.2) is 0 Å². The molecule has 0 aromatic carbocycles. The van der Waals surface area contributed by atoms with E-state index in [0.29, 0.717) is 25.2 Å². The molecule has 0 aliphatic rings. The summed E-state index contributed by atoms with van der Waals surface area (Å²) in [5, 5.41) is 19.9. The molecule has 5 N–H and O–H groups in total. The number of esters is 1. The molecule has 0 fully saturated rings. The highest BCUT2D eigenvalue weighted by molar-refractivity contribution is 5.85. The van der Waals surface area contributed by atoms with Gasteiger partial charge in [0.25, 0.3) is 6.47 Å². The predicted octanol–water partition coefficient (Wildman–Crippen LogP) is 0.756. The zero-order chi connectivity index (χ0) is 22.9. The van der Waals surface area contributed by atoms with Crippen LogP contribution in [0.4, 0.5) is 0 Å². The highest BCUT2D eigenvalue weighted by atomic mass is 35.5. The van der Waals surface area contributed by atoms with Crippen molar-refractivity contribution < 1.29 is 38.8 Å². The maximum atomic E-state index is 11.1. The maximum Gasteiger partial charge on any atom is 0.305 e. The molecule has 0 heterocycles. The van der Waals surface area contributed by atoms with Crippen molar-refractivity contribution in [2.75, 3.05) is 39.7 Å². The molecule has 0 radical (unpaired) electrons. The van der Waals surface area contributed by atoms with E-state index >= 15 is 0 Å². The molecule has 0 unspecified atom stereocenters. The van der Waals surface area contributed by atoms with Crippen molar-refractivity contribution >= 4 is 30.8 Å². The van der Waals surface area contributed by atoms with Crippen molar-refractivity contribution in [3.05, 3.63) is 0 Å². The van der Waals surface area contributed by atoms with E-state index < -0.39 is 6.10 Å². The summed E-state index contributed by atoms with van der Waals surface area (Å²) in [6.45, 7) is 9.29. The number of hydrogen-bond donors (Lipinski definition) is 4. The molecule has 0 aromatic heterocycles. The Morgan fingerprint density at radius 2 is 1.70 bits per heavy atom. The van der Waals surface area contributed by atoms with Crippen LogP contribution in [0.5, 0.6) is 0 Å². The lowest BCUT2D eigenvalue weighted by Gasteiger charge is -2.12. The van der Waals surface area contributed by atoms with E-state index in [2.05, 4.69) is 28.6 Å². The smallest absolute Gasteiger partial charge is 0.305 e. The molecule has 0 aliphatic carbocycles. The van der Waals surface area contributed by atoms with Gasteiger partial charge in [0.15, 0.2) is 0 Å². The summed E-state index contributed by atoms with van der Waals surface area (Å²) in [7, 11) is 0. The zero-order valence-electron chi connectivity index (χ0n) is 18.6. The molecule has 10 nitrogen and oxygen atoms in total.